The summed E-state index contributed by atoms with van der Waals surface area (Å²) in [6.07, 6.45) is 5.25. The summed E-state index contributed by atoms with van der Waals surface area (Å²) < 4.78 is 0. The number of pyridine rings is 1. The van der Waals surface area contributed by atoms with Crippen molar-refractivity contribution in [3.8, 4) is 0 Å². The van der Waals surface area contributed by atoms with Gasteiger partial charge in [-0.2, -0.15) is 11.8 Å². The van der Waals surface area contributed by atoms with E-state index in [0.717, 1.165) is 29.9 Å². The van der Waals surface area contributed by atoms with Crippen molar-refractivity contribution in [1.29, 1.82) is 0 Å². The molecule has 2 rings (SSSR count). The normalized spacial score (nSPS) is 27.8. The van der Waals surface area contributed by atoms with Crippen molar-refractivity contribution < 1.29 is 5.11 Å². The largest absolute Gasteiger partial charge is 0.389 e. The van der Waals surface area contributed by atoms with E-state index in [1.165, 1.54) is 0 Å². The molecule has 70 valence electrons. The molecule has 0 amide bonds. The van der Waals surface area contributed by atoms with Gasteiger partial charge in [0.15, 0.2) is 0 Å². The lowest BCUT2D eigenvalue weighted by molar-refractivity contribution is 0.0685. The van der Waals surface area contributed by atoms with E-state index in [-0.39, 0.29) is 0 Å². The van der Waals surface area contributed by atoms with Crippen LogP contribution in [0.4, 0.5) is 0 Å². The minimum absolute atomic E-state index is 0.478. The fraction of sp³-hybridized carbons (Fsp3) is 0.500. The lowest BCUT2D eigenvalue weighted by Gasteiger charge is -2.20. The van der Waals surface area contributed by atoms with Gasteiger partial charge in [-0.15, -0.1) is 0 Å². The highest BCUT2D eigenvalue weighted by Crippen LogP contribution is 2.30. The first kappa shape index (κ1) is 9.03. The van der Waals surface area contributed by atoms with Gasteiger partial charge in [0.2, 0.25) is 0 Å². The van der Waals surface area contributed by atoms with Crippen LogP contribution in [-0.2, 0) is 6.42 Å². The minimum Gasteiger partial charge on any atom is -0.389 e. The van der Waals surface area contributed by atoms with E-state index in [0.29, 0.717) is 0 Å². The quantitative estimate of drug-likeness (QED) is 0.776. The lowest BCUT2D eigenvalue weighted by atomic mass is 9.95. The summed E-state index contributed by atoms with van der Waals surface area (Å²) in [6.45, 7) is 0. The average molecular weight is 195 g/mol. The number of hydrogen-bond donors (Lipinski definition) is 1. The Balaban J connectivity index is 2.05. The first-order chi connectivity index (χ1) is 6.29. The molecular weight excluding hydrogens is 182 g/mol. The van der Waals surface area contributed by atoms with Gasteiger partial charge in [0, 0.05) is 24.6 Å². The third kappa shape index (κ3) is 2.23. The second-order valence-corrected chi connectivity index (χ2v) is 4.67. The molecule has 1 aromatic rings. The highest BCUT2D eigenvalue weighted by Gasteiger charge is 2.31. The first-order valence-electron chi connectivity index (χ1n) is 4.48. The van der Waals surface area contributed by atoms with E-state index in [4.69, 9.17) is 0 Å². The highest BCUT2D eigenvalue weighted by molar-refractivity contribution is 7.99. The second-order valence-electron chi connectivity index (χ2n) is 3.56. The van der Waals surface area contributed by atoms with Crippen molar-refractivity contribution in [3.05, 3.63) is 30.1 Å². The molecule has 1 fully saturated rings. The molecule has 1 N–H and O–H groups in total. The van der Waals surface area contributed by atoms with Crippen molar-refractivity contribution in [2.45, 2.75) is 18.4 Å². The van der Waals surface area contributed by atoms with E-state index < -0.39 is 5.60 Å². The minimum atomic E-state index is -0.478. The van der Waals surface area contributed by atoms with Crippen LogP contribution in [0.25, 0.3) is 0 Å². The van der Waals surface area contributed by atoms with Crippen molar-refractivity contribution in [3.63, 3.8) is 0 Å². The van der Waals surface area contributed by atoms with Gasteiger partial charge in [0.1, 0.15) is 0 Å². The van der Waals surface area contributed by atoms with Crippen LogP contribution in [0.15, 0.2) is 24.5 Å². The van der Waals surface area contributed by atoms with Crippen molar-refractivity contribution in [2.75, 3.05) is 11.5 Å². The molecule has 0 spiro atoms. The van der Waals surface area contributed by atoms with E-state index in [1.807, 2.05) is 30.1 Å². The van der Waals surface area contributed by atoms with Gasteiger partial charge < -0.3 is 5.11 Å². The highest BCUT2D eigenvalue weighted by atomic mass is 32.2. The van der Waals surface area contributed by atoms with Crippen LogP contribution in [0.5, 0.6) is 0 Å². The lowest BCUT2D eigenvalue weighted by Crippen LogP contribution is -2.30. The molecule has 0 bridgehead atoms. The Morgan fingerprint density at radius 3 is 3.15 bits per heavy atom. The molecule has 1 aliphatic heterocycles. The molecule has 13 heavy (non-hydrogen) atoms. The van der Waals surface area contributed by atoms with E-state index in [1.54, 1.807) is 6.20 Å². The summed E-state index contributed by atoms with van der Waals surface area (Å²) in [4.78, 5) is 4.04. The number of nitrogens with zero attached hydrogens (tertiary/aromatic N) is 1. The maximum atomic E-state index is 10.1. The molecule has 0 aromatic carbocycles. The van der Waals surface area contributed by atoms with Crippen molar-refractivity contribution in [2.24, 2.45) is 0 Å². The number of hydrogen-bond acceptors (Lipinski definition) is 3. The fourth-order valence-corrected chi connectivity index (χ4v) is 2.91. The zero-order valence-electron chi connectivity index (χ0n) is 7.44. The summed E-state index contributed by atoms with van der Waals surface area (Å²) in [6, 6.07) is 3.94. The van der Waals surface area contributed by atoms with Gasteiger partial charge in [0.05, 0.1) is 5.60 Å². The molecule has 0 radical (unpaired) electrons. The molecule has 2 nitrogen and oxygen atoms in total. The number of thioether (sulfide) groups is 1. The molecule has 1 unspecified atom stereocenters. The Labute approximate surface area is 82.4 Å². The standard InChI is InChI=1S/C10H13NOS/c12-10(3-5-13-8-10)6-9-2-1-4-11-7-9/h1-2,4,7,12H,3,5-6,8H2. The Kier molecular flexibility index (Phi) is 2.56. The monoisotopic (exact) mass is 195 g/mol. The first-order valence-corrected chi connectivity index (χ1v) is 5.63. The van der Waals surface area contributed by atoms with Gasteiger partial charge in [-0.05, 0) is 23.8 Å². The van der Waals surface area contributed by atoms with Crippen LogP contribution >= 0.6 is 11.8 Å². The Morgan fingerprint density at radius 2 is 2.54 bits per heavy atom. The summed E-state index contributed by atoms with van der Waals surface area (Å²) in [7, 11) is 0. The van der Waals surface area contributed by atoms with Gasteiger partial charge in [-0.25, -0.2) is 0 Å². The second kappa shape index (κ2) is 3.68. The molecule has 1 atom stereocenters. The van der Waals surface area contributed by atoms with Crippen LogP contribution in [-0.4, -0.2) is 27.2 Å². The van der Waals surface area contributed by atoms with Crippen LogP contribution in [0, 0.1) is 0 Å². The molecule has 1 aliphatic rings. The van der Waals surface area contributed by atoms with Crippen LogP contribution in [0.2, 0.25) is 0 Å². The Bertz CT molecular complexity index is 270. The number of aliphatic hydroxyl groups is 1. The number of rotatable bonds is 2. The molecule has 0 aliphatic carbocycles. The Hall–Kier alpha value is -0.540. The molecule has 0 saturated carbocycles. The van der Waals surface area contributed by atoms with E-state index in [9.17, 15) is 5.11 Å². The predicted molar refractivity (Wildman–Crippen MR) is 54.8 cm³/mol. The maximum absolute atomic E-state index is 10.1. The van der Waals surface area contributed by atoms with Gasteiger partial charge in [0.25, 0.3) is 0 Å². The maximum Gasteiger partial charge on any atom is 0.0786 e. The average Bonchev–Trinajstić information content (AvgIpc) is 2.54. The van der Waals surface area contributed by atoms with Crippen molar-refractivity contribution in [1.82, 2.24) is 4.98 Å². The van der Waals surface area contributed by atoms with Crippen LogP contribution in [0.1, 0.15) is 12.0 Å². The fourth-order valence-electron chi connectivity index (χ4n) is 1.62. The van der Waals surface area contributed by atoms with E-state index >= 15 is 0 Å². The van der Waals surface area contributed by atoms with Gasteiger partial charge in [-0.3, -0.25) is 4.98 Å². The third-order valence-electron chi connectivity index (χ3n) is 2.34. The predicted octanol–water partition coefficient (Wildman–Crippen LogP) is 1.49. The zero-order chi connectivity index (χ0) is 9.15. The van der Waals surface area contributed by atoms with Crippen LogP contribution in [0.3, 0.4) is 0 Å². The molecule has 3 heteroatoms. The molecule has 2 heterocycles. The molecular formula is C10H13NOS. The summed E-state index contributed by atoms with van der Waals surface area (Å²) in [5.41, 5.74) is 0.653. The smallest absolute Gasteiger partial charge is 0.0786 e. The summed E-state index contributed by atoms with van der Waals surface area (Å²) >= 11 is 1.83. The third-order valence-corrected chi connectivity index (χ3v) is 3.57. The number of aromatic nitrogens is 1. The van der Waals surface area contributed by atoms with Gasteiger partial charge >= 0.3 is 0 Å². The topological polar surface area (TPSA) is 33.1 Å². The molecule has 1 saturated heterocycles. The summed E-state index contributed by atoms with van der Waals surface area (Å²) in [5.74, 6) is 1.94. The van der Waals surface area contributed by atoms with E-state index in [2.05, 4.69) is 4.98 Å². The van der Waals surface area contributed by atoms with Gasteiger partial charge in [-0.1, -0.05) is 6.07 Å². The van der Waals surface area contributed by atoms with Crippen LogP contribution < -0.4 is 0 Å². The Morgan fingerprint density at radius 1 is 1.62 bits per heavy atom. The zero-order valence-corrected chi connectivity index (χ0v) is 8.26. The van der Waals surface area contributed by atoms with Crippen molar-refractivity contribution >= 4 is 11.8 Å². The summed E-state index contributed by atoms with van der Waals surface area (Å²) in [5, 5.41) is 10.1. The molecule has 1 aromatic heterocycles. The SMILES string of the molecule is OC1(Cc2cccnc2)CCSC1.